The second kappa shape index (κ2) is 7.36. The molecule has 0 amide bonds. The highest BCUT2D eigenvalue weighted by Crippen LogP contribution is 2.36. The molecule has 1 aliphatic rings. The van der Waals surface area contributed by atoms with E-state index in [4.69, 9.17) is 14.9 Å². The molecule has 2 heterocycles. The maximum Gasteiger partial charge on any atom is 0.227 e. The van der Waals surface area contributed by atoms with E-state index in [9.17, 15) is 0 Å². The highest BCUT2D eigenvalue weighted by Gasteiger charge is 2.29. The van der Waals surface area contributed by atoms with E-state index in [1.807, 2.05) is 41.3 Å². The lowest BCUT2D eigenvalue weighted by Crippen LogP contribution is -2.40. The van der Waals surface area contributed by atoms with Crippen LogP contribution in [0.15, 0.2) is 58.2 Å². The van der Waals surface area contributed by atoms with E-state index in [2.05, 4.69) is 18.0 Å². The van der Waals surface area contributed by atoms with E-state index in [1.165, 1.54) is 6.42 Å². The summed E-state index contributed by atoms with van der Waals surface area (Å²) in [5, 5.41) is 0. The minimum absolute atomic E-state index is 0.338. The highest BCUT2D eigenvalue weighted by atomic mass is 16.5. The molecule has 0 aliphatic carbocycles. The maximum absolute atomic E-state index is 6.48. The molecule has 2 N–H and O–H groups in total. The van der Waals surface area contributed by atoms with Crippen LogP contribution in [0.4, 0.5) is 11.6 Å². The third-order valence-electron chi connectivity index (χ3n) is 4.08. The van der Waals surface area contributed by atoms with Crippen LogP contribution in [-0.2, 0) is 0 Å². The van der Waals surface area contributed by atoms with E-state index >= 15 is 0 Å². The first-order chi connectivity index (χ1) is 11.7. The molecule has 1 aliphatic heterocycles. The third kappa shape index (κ3) is 3.21. The number of hydrogen-bond acceptors (Lipinski definition) is 5. The average Bonchev–Trinajstić information content (AvgIpc) is 3.08. The van der Waals surface area contributed by atoms with Crippen molar-refractivity contribution in [3.8, 4) is 5.75 Å². The van der Waals surface area contributed by atoms with Gasteiger partial charge in [0.25, 0.3) is 0 Å². The number of ether oxygens (including phenoxy) is 1. The zero-order chi connectivity index (χ0) is 16.9. The number of unbranched alkanes of at least 4 members (excludes halogenated alkanes) is 2. The maximum atomic E-state index is 6.48. The SMILES string of the molecule is CCCCC=CC1=Nc2occc2C(N)N1c1ccc(OC)cc1. The lowest BCUT2D eigenvalue weighted by Gasteiger charge is -2.33. The molecule has 126 valence electrons. The molecule has 0 saturated heterocycles. The van der Waals surface area contributed by atoms with Crippen molar-refractivity contribution in [1.82, 2.24) is 0 Å². The first-order valence-electron chi connectivity index (χ1n) is 8.26. The van der Waals surface area contributed by atoms with E-state index < -0.39 is 0 Å². The van der Waals surface area contributed by atoms with Crippen LogP contribution in [0, 0.1) is 0 Å². The fourth-order valence-corrected chi connectivity index (χ4v) is 2.73. The quantitative estimate of drug-likeness (QED) is 0.792. The Morgan fingerprint density at radius 1 is 1.29 bits per heavy atom. The Balaban J connectivity index is 1.95. The van der Waals surface area contributed by atoms with Gasteiger partial charge in [-0.2, -0.15) is 4.99 Å². The number of benzene rings is 1. The molecule has 1 unspecified atom stereocenters. The van der Waals surface area contributed by atoms with Gasteiger partial charge in [0, 0.05) is 5.69 Å². The third-order valence-corrected chi connectivity index (χ3v) is 4.08. The molecular formula is C19H23N3O2. The van der Waals surface area contributed by atoms with Crippen molar-refractivity contribution in [3.63, 3.8) is 0 Å². The van der Waals surface area contributed by atoms with Crippen molar-refractivity contribution in [2.75, 3.05) is 12.0 Å². The number of fused-ring (bicyclic) bond motifs is 1. The van der Waals surface area contributed by atoms with Crippen LogP contribution in [0.1, 0.15) is 37.9 Å². The molecule has 0 fully saturated rings. The second-order valence-corrected chi connectivity index (χ2v) is 5.71. The van der Waals surface area contributed by atoms with Crippen LogP contribution in [-0.4, -0.2) is 12.9 Å². The van der Waals surface area contributed by atoms with Crippen molar-refractivity contribution in [1.29, 1.82) is 0 Å². The number of furan rings is 1. The zero-order valence-electron chi connectivity index (χ0n) is 14.1. The smallest absolute Gasteiger partial charge is 0.227 e. The molecule has 0 radical (unpaired) electrons. The second-order valence-electron chi connectivity index (χ2n) is 5.71. The lowest BCUT2D eigenvalue weighted by atomic mass is 10.1. The number of hydrogen-bond donors (Lipinski definition) is 1. The van der Waals surface area contributed by atoms with Crippen LogP contribution in [0.25, 0.3) is 0 Å². The molecule has 5 heteroatoms. The van der Waals surface area contributed by atoms with Gasteiger partial charge in [0.15, 0.2) is 0 Å². The number of rotatable bonds is 6. The fourth-order valence-electron chi connectivity index (χ4n) is 2.73. The van der Waals surface area contributed by atoms with Gasteiger partial charge in [-0.3, -0.25) is 0 Å². The van der Waals surface area contributed by atoms with Gasteiger partial charge in [-0.05, 0) is 42.8 Å². The Morgan fingerprint density at radius 3 is 2.79 bits per heavy atom. The standard InChI is InChI=1S/C19H23N3O2/c1-3-4-5-6-7-17-21-19-16(12-13-24-19)18(20)22(17)14-8-10-15(23-2)11-9-14/h6-13,18H,3-5,20H2,1-2H3. The normalized spacial score (nSPS) is 17.0. The highest BCUT2D eigenvalue weighted by molar-refractivity contribution is 6.08. The summed E-state index contributed by atoms with van der Waals surface area (Å²) in [5.41, 5.74) is 8.33. The van der Waals surface area contributed by atoms with Crippen molar-refractivity contribution >= 4 is 17.4 Å². The summed E-state index contributed by atoms with van der Waals surface area (Å²) in [7, 11) is 1.66. The Labute approximate surface area is 142 Å². The number of nitrogens with zero attached hydrogens (tertiary/aromatic N) is 2. The van der Waals surface area contributed by atoms with E-state index in [0.29, 0.717) is 5.88 Å². The average molecular weight is 325 g/mol. The number of aliphatic imine (C=N–C) groups is 1. The zero-order valence-corrected chi connectivity index (χ0v) is 14.1. The van der Waals surface area contributed by atoms with Crippen molar-refractivity contribution in [3.05, 3.63) is 54.3 Å². The Kier molecular flexibility index (Phi) is 5.01. The first kappa shape index (κ1) is 16.3. The molecule has 0 bridgehead atoms. The molecule has 0 spiro atoms. The Hall–Kier alpha value is -2.53. The minimum atomic E-state index is -0.338. The molecule has 2 aromatic rings. The van der Waals surface area contributed by atoms with Crippen molar-refractivity contribution in [2.45, 2.75) is 32.4 Å². The summed E-state index contributed by atoms with van der Waals surface area (Å²) in [6.07, 6.45) is 8.79. The predicted octanol–water partition coefficient (Wildman–Crippen LogP) is 4.54. The van der Waals surface area contributed by atoms with Crippen LogP contribution in [0.2, 0.25) is 0 Å². The van der Waals surface area contributed by atoms with Gasteiger partial charge in [-0.15, -0.1) is 0 Å². The van der Waals surface area contributed by atoms with Gasteiger partial charge in [-0.25, -0.2) is 0 Å². The van der Waals surface area contributed by atoms with Gasteiger partial charge in [0.2, 0.25) is 5.88 Å². The van der Waals surface area contributed by atoms with E-state index in [-0.39, 0.29) is 6.17 Å². The molecular weight excluding hydrogens is 302 g/mol. The van der Waals surface area contributed by atoms with Crippen LogP contribution in [0.3, 0.4) is 0 Å². The Morgan fingerprint density at radius 2 is 2.08 bits per heavy atom. The van der Waals surface area contributed by atoms with Gasteiger partial charge in [-0.1, -0.05) is 25.8 Å². The van der Waals surface area contributed by atoms with Gasteiger partial charge < -0.3 is 19.8 Å². The molecule has 24 heavy (non-hydrogen) atoms. The van der Waals surface area contributed by atoms with Gasteiger partial charge >= 0.3 is 0 Å². The van der Waals surface area contributed by atoms with Crippen molar-refractivity contribution < 1.29 is 9.15 Å². The summed E-state index contributed by atoms with van der Waals surface area (Å²) >= 11 is 0. The van der Waals surface area contributed by atoms with Gasteiger partial charge in [0.1, 0.15) is 17.8 Å². The molecule has 1 aromatic carbocycles. The summed E-state index contributed by atoms with van der Waals surface area (Å²) in [6.45, 7) is 2.18. The molecule has 0 saturated carbocycles. The molecule has 1 aromatic heterocycles. The summed E-state index contributed by atoms with van der Waals surface area (Å²) < 4.78 is 10.7. The topological polar surface area (TPSA) is 64.0 Å². The number of nitrogens with two attached hydrogens (primary N) is 1. The van der Waals surface area contributed by atoms with Crippen LogP contribution in [0.5, 0.6) is 5.75 Å². The van der Waals surface area contributed by atoms with E-state index in [1.54, 1.807) is 13.4 Å². The largest absolute Gasteiger partial charge is 0.497 e. The van der Waals surface area contributed by atoms with Gasteiger partial charge in [0.05, 0.1) is 18.9 Å². The van der Waals surface area contributed by atoms with Crippen LogP contribution < -0.4 is 15.4 Å². The summed E-state index contributed by atoms with van der Waals surface area (Å²) in [5.74, 6) is 2.18. The summed E-state index contributed by atoms with van der Waals surface area (Å²) in [4.78, 5) is 6.65. The Bertz CT molecular complexity index is 731. The molecule has 1 atom stereocenters. The monoisotopic (exact) mass is 325 g/mol. The number of allylic oxidation sites excluding steroid dienone is 1. The van der Waals surface area contributed by atoms with Crippen molar-refractivity contribution in [2.24, 2.45) is 10.7 Å². The fraction of sp³-hybridized carbons (Fsp3) is 0.316. The first-order valence-corrected chi connectivity index (χ1v) is 8.26. The lowest BCUT2D eigenvalue weighted by molar-refractivity contribution is 0.415. The van der Waals surface area contributed by atoms with E-state index in [0.717, 1.165) is 35.7 Å². The summed E-state index contributed by atoms with van der Waals surface area (Å²) in [6, 6.07) is 9.69. The predicted molar refractivity (Wildman–Crippen MR) is 96.9 cm³/mol. The number of amidine groups is 1. The molecule has 5 nitrogen and oxygen atoms in total. The van der Waals surface area contributed by atoms with Crippen LogP contribution >= 0.6 is 0 Å². The number of anilines is 1. The number of methoxy groups -OCH3 is 1. The minimum Gasteiger partial charge on any atom is -0.497 e. The molecule has 3 rings (SSSR count).